The van der Waals surface area contributed by atoms with Crippen molar-refractivity contribution in [1.82, 2.24) is 14.5 Å². The molecule has 5 heteroatoms. The smallest absolute Gasteiger partial charge is 0.165 e. The fraction of sp³-hybridized carbons (Fsp3) is 0.318. The van der Waals surface area contributed by atoms with Crippen LogP contribution >= 0.6 is 0 Å². The van der Waals surface area contributed by atoms with Crippen molar-refractivity contribution in [2.45, 2.75) is 33.5 Å². The van der Waals surface area contributed by atoms with Crippen LogP contribution in [-0.4, -0.2) is 32.7 Å². The molecule has 4 rings (SSSR count). The normalized spacial score (nSPS) is 14.4. The molecule has 2 heterocycles. The molecule has 3 aromatic rings. The van der Waals surface area contributed by atoms with E-state index < -0.39 is 0 Å². The van der Waals surface area contributed by atoms with Crippen molar-refractivity contribution in [3.8, 4) is 22.6 Å². The second kappa shape index (κ2) is 7.45. The van der Waals surface area contributed by atoms with E-state index in [1.165, 1.54) is 5.56 Å². The van der Waals surface area contributed by atoms with Gasteiger partial charge in [0, 0.05) is 37.6 Å². The molecule has 0 atom stereocenters. The van der Waals surface area contributed by atoms with Gasteiger partial charge in [-0.1, -0.05) is 24.3 Å². The third kappa shape index (κ3) is 3.55. The van der Waals surface area contributed by atoms with E-state index in [1.54, 1.807) is 6.07 Å². The standard InChI is InChI=1S/C22H25N3O2/c1-3-25-9-8-23-21(25)15-24-10-11-27-22-18(14-24)12-17(13-20(22)26)19-7-5-4-6-16(19)2/h4-9,12-13,26H,3,10-11,14-15H2,1-2H3. The number of ether oxygens (including phenoxy) is 1. The second-order valence-corrected chi connectivity index (χ2v) is 6.99. The van der Waals surface area contributed by atoms with Crippen molar-refractivity contribution in [2.24, 2.45) is 0 Å². The lowest BCUT2D eigenvalue weighted by molar-refractivity contribution is 0.211. The van der Waals surface area contributed by atoms with Gasteiger partial charge >= 0.3 is 0 Å². The second-order valence-electron chi connectivity index (χ2n) is 6.99. The van der Waals surface area contributed by atoms with Gasteiger partial charge in [0.2, 0.25) is 0 Å². The van der Waals surface area contributed by atoms with E-state index in [-0.39, 0.29) is 5.75 Å². The molecule has 2 aromatic carbocycles. The summed E-state index contributed by atoms with van der Waals surface area (Å²) in [7, 11) is 0. The summed E-state index contributed by atoms with van der Waals surface area (Å²) in [4.78, 5) is 6.81. The Morgan fingerprint density at radius 2 is 2.07 bits per heavy atom. The Balaban J connectivity index is 1.66. The number of aromatic hydroxyl groups is 1. The van der Waals surface area contributed by atoms with E-state index in [4.69, 9.17) is 4.74 Å². The Morgan fingerprint density at radius 1 is 1.22 bits per heavy atom. The topological polar surface area (TPSA) is 50.5 Å². The van der Waals surface area contributed by atoms with Gasteiger partial charge in [-0.15, -0.1) is 0 Å². The van der Waals surface area contributed by atoms with Crippen LogP contribution in [0.4, 0.5) is 0 Å². The Bertz CT molecular complexity index is 948. The molecule has 0 unspecified atom stereocenters. The average molecular weight is 363 g/mol. The predicted molar refractivity (Wildman–Crippen MR) is 106 cm³/mol. The van der Waals surface area contributed by atoms with E-state index in [0.717, 1.165) is 48.7 Å². The van der Waals surface area contributed by atoms with Crippen LogP contribution in [-0.2, 0) is 19.6 Å². The number of phenols is 1. The lowest BCUT2D eigenvalue weighted by Crippen LogP contribution is -2.26. The van der Waals surface area contributed by atoms with Crippen LogP contribution in [0.5, 0.6) is 11.5 Å². The Kier molecular flexibility index (Phi) is 4.86. The highest BCUT2D eigenvalue weighted by molar-refractivity contribution is 5.71. The fourth-order valence-electron chi connectivity index (χ4n) is 3.72. The van der Waals surface area contributed by atoms with Gasteiger partial charge in [-0.3, -0.25) is 4.90 Å². The number of aryl methyl sites for hydroxylation is 2. The summed E-state index contributed by atoms with van der Waals surface area (Å²) in [6, 6.07) is 12.2. The largest absolute Gasteiger partial charge is 0.504 e. The maximum Gasteiger partial charge on any atom is 0.165 e. The number of rotatable bonds is 4. The van der Waals surface area contributed by atoms with Gasteiger partial charge in [0.25, 0.3) is 0 Å². The highest BCUT2D eigenvalue weighted by Crippen LogP contribution is 2.38. The van der Waals surface area contributed by atoms with Gasteiger partial charge < -0.3 is 14.4 Å². The molecule has 0 amide bonds. The van der Waals surface area contributed by atoms with Gasteiger partial charge in [0.1, 0.15) is 12.4 Å². The number of fused-ring (bicyclic) bond motifs is 1. The summed E-state index contributed by atoms with van der Waals surface area (Å²) in [5, 5.41) is 10.6. The molecule has 0 radical (unpaired) electrons. The van der Waals surface area contributed by atoms with Crippen LogP contribution in [0.15, 0.2) is 48.8 Å². The minimum Gasteiger partial charge on any atom is -0.504 e. The van der Waals surface area contributed by atoms with E-state index >= 15 is 0 Å². The number of hydrogen-bond donors (Lipinski definition) is 1. The first-order valence-corrected chi connectivity index (χ1v) is 9.42. The number of phenolic OH excluding ortho intramolecular Hbond substituents is 1. The average Bonchev–Trinajstić information content (AvgIpc) is 3.00. The molecule has 0 fully saturated rings. The van der Waals surface area contributed by atoms with Crippen molar-refractivity contribution >= 4 is 0 Å². The van der Waals surface area contributed by atoms with Crippen LogP contribution in [0.25, 0.3) is 11.1 Å². The van der Waals surface area contributed by atoms with Gasteiger partial charge in [0.05, 0.1) is 6.54 Å². The molecule has 0 bridgehead atoms. The first-order chi connectivity index (χ1) is 13.2. The first kappa shape index (κ1) is 17.6. The van der Waals surface area contributed by atoms with Crippen molar-refractivity contribution in [3.63, 3.8) is 0 Å². The zero-order valence-corrected chi connectivity index (χ0v) is 15.9. The van der Waals surface area contributed by atoms with Gasteiger partial charge in [-0.25, -0.2) is 4.98 Å². The molecule has 5 nitrogen and oxygen atoms in total. The molecule has 1 N–H and O–H groups in total. The zero-order chi connectivity index (χ0) is 18.8. The highest BCUT2D eigenvalue weighted by atomic mass is 16.5. The third-order valence-corrected chi connectivity index (χ3v) is 5.16. The number of aromatic nitrogens is 2. The van der Waals surface area contributed by atoms with E-state index in [2.05, 4.69) is 46.5 Å². The Labute approximate surface area is 159 Å². The van der Waals surface area contributed by atoms with Crippen molar-refractivity contribution in [3.05, 3.63) is 65.7 Å². The zero-order valence-electron chi connectivity index (χ0n) is 15.9. The molecule has 0 spiro atoms. The van der Waals surface area contributed by atoms with Crippen LogP contribution in [0.2, 0.25) is 0 Å². The van der Waals surface area contributed by atoms with E-state index in [1.807, 2.05) is 24.5 Å². The molecule has 1 aliphatic rings. The lowest BCUT2D eigenvalue weighted by Gasteiger charge is -2.20. The van der Waals surface area contributed by atoms with Crippen molar-refractivity contribution in [1.29, 1.82) is 0 Å². The quantitative estimate of drug-likeness (QED) is 0.762. The predicted octanol–water partition coefficient (Wildman–Crippen LogP) is 3.98. The van der Waals surface area contributed by atoms with Crippen LogP contribution < -0.4 is 4.74 Å². The minimum absolute atomic E-state index is 0.211. The molecule has 1 aliphatic heterocycles. The third-order valence-electron chi connectivity index (χ3n) is 5.16. The van der Waals surface area contributed by atoms with Crippen LogP contribution in [0.3, 0.4) is 0 Å². The summed E-state index contributed by atoms with van der Waals surface area (Å²) >= 11 is 0. The first-order valence-electron chi connectivity index (χ1n) is 9.42. The molecular weight excluding hydrogens is 338 g/mol. The van der Waals surface area contributed by atoms with E-state index in [0.29, 0.717) is 12.4 Å². The summed E-state index contributed by atoms with van der Waals surface area (Å²) in [5.74, 6) is 1.87. The maximum atomic E-state index is 10.6. The Hall–Kier alpha value is -2.79. The summed E-state index contributed by atoms with van der Waals surface area (Å²) < 4.78 is 8.05. The number of hydrogen-bond acceptors (Lipinski definition) is 4. The highest BCUT2D eigenvalue weighted by Gasteiger charge is 2.21. The maximum absolute atomic E-state index is 10.6. The molecule has 27 heavy (non-hydrogen) atoms. The number of nitrogens with zero attached hydrogens (tertiary/aromatic N) is 3. The molecule has 0 saturated carbocycles. The minimum atomic E-state index is 0.211. The van der Waals surface area contributed by atoms with Crippen LogP contribution in [0.1, 0.15) is 23.9 Å². The molecule has 140 valence electrons. The monoisotopic (exact) mass is 363 g/mol. The molecule has 0 saturated heterocycles. The number of imidazole rings is 1. The van der Waals surface area contributed by atoms with Gasteiger partial charge in [0.15, 0.2) is 11.5 Å². The molecular formula is C22H25N3O2. The lowest BCUT2D eigenvalue weighted by atomic mass is 9.98. The van der Waals surface area contributed by atoms with Crippen molar-refractivity contribution < 1.29 is 9.84 Å². The molecule has 0 aliphatic carbocycles. The number of benzene rings is 2. The fourth-order valence-corrected chi connectivity index (χ4v) is 3.72. The summed E-state index contributed by atoms with van der Waals surface area (Å²) in [5.41, 5.74) is 4.35. The van der Waals surface area contributed by atoms with Crippen molar-refractivity contribution in [2.75, 3.05) is 13.2 Å². The SMILES string of the molecule is CCn1ccnc1CN1CCOc2c(O)cc(-c3ccccc3C)cc2C1. The van der Waals surface area contributed by atoms with E-state index in [9.17, 15) is 5.11 Å². The van der Waals surface area contributed by atoms with Gasteiger partial charge in [-0.05, 0) is 42.7 Å². The Morgan fingerprint density at radius 3 is 2.89 bits per heavy atom. The van der Waals surface area contributed by atoms with Crippen LogP contribution in [0, 0.1) is 6.92 Å². The molecule has 1 aromatic heterocycles. The summed E-state index contributed by atoms with van der Waals surface area (Å²) in [6.07, 6.45) is 3.86. The van der Waals surface area contributed by atoms with Gasteiger partial charge in [-0.2, -0.15) is 0 Å². The summed E-state index contributed by atoms with van der Waals surface area (Å²) in [6.45, 7) is 7.96.